The van der Waals surface area contributed by atoms with E-state index < -0.39 is 37.0 Å². The molecule has 0 unspecified atom stereocenters. The molecular weight excluding hydrogens is 1310 g/mol. The van der Waals surface area contributed by atoms with Gasteiger partial charge in [-0.25, -0.2) is 0 Å². The molecule has 4 atom stereocenters. The van der Waals surface area contributed by atoms with E-state index in [0.717, 1.165) is 137 Å². The SMILES string of the molecule is BrB(Br)Br.COc1ccc2c(c1)OC[C@](C)(c1ccncc1)[C@@H]2CCCCCCCCCSCCCC(F)(F)C(F)(F)F.C[C@]1(c2ccncc2)COc2cc(O)ccc2[C@H]1CCCCCCCCCSCCCC(F)(F)C(F)(F)F. The van der Waals surface area contributed by atoms with Crippen LogP contribution in [0.2, 0.25) is 0 Å². The van der Waals surface area contributed by atoms with Gasteiger partial charge >= 0.3 is 27.4 Å². The van der Waals surface area contributed by atoms with Crippen molar-refractivity contribution in [1.82, 2.24) is 9.97 Å². The molecule has 1 N–H and O–H groups in total. The summed E-state index contributed by atoms with van der Waals surface area (Å²) >= 11 is 12.2. The van der Waals surface area contributed by atoms with E-state index in [-0.39, 0.29) is 38.5 Å². The second-order valence-corrected chi connectivity index (χ2v) is 30.1. The highest BCUT2D eigenvalue weighted by molar-refractivity contribution is 9.69. The van der Waals surface area contributed by atoms with Crippen LogP contribution in [0.1, 0.15) is 176 Å². The molecule has 22 heteroatoms. The van der Waals surface area contributed by atoms with Gasteiger partial charge in [0.25, 0.3) is 0 Å². The summed E-state index contributed by atoms with van der Waals surface area (Å²) in [4.78, 5) is 8.36. The molecule has 81 heavy (non-hydrogen) atoms. The van der Waals surface area contributed by atoms with Gasteiger partial charge in [-0.2, -0.15) is 67.4 Å². The smallest absolute Gasteiger partial charge is 0.453 e. The van der Waals surface area contributed by atoms with E-state index in [1.807, 2.05) is 43.0 Å². The van der Waals surface area contributed by atoms with Gasteiger partial charge < -0.3 is 19.3 Å². The Morgan fingerprint density at radius 3 is 1.26 bits per heavy atom. The second-order valence-electron chi connectivity index (χ2n) is 21.2. The highest BCUT2D eigenvalue weighted by Gasteiger charge is 2.57. The van der Waals surface area contributed by atoms with Crippen LogP contribution in [0.5, 0.6) is 23.0 Å². The van der Waals surface area contributed by atoms with Crippen molar-refractivity contribution in [3.8, 4) is 23.0 Å². The van der Waals surface area contributed by atoms with E-state index in [1.165, 1.54) is 40.2 Å². The predicted octanol–water partition coefficient (Wildman–Crippen LogP) is 20.6. The minimum absolute atomic E-state index is 0.122. The zero-order valence-electron chi connectivity index (χ0n) is 46.5. The number of thioether (sulfide) groups is 2. The van der Waals surface area contributed by atoms with Crippen molar-refractivity contribution in [2.45, 2.75) is 189 Å². The zero-order valence-corrected chi connectivity index (χ0v) is 52.9. The number of ether oxygens (including phenoxy) is 3. The molecule has 2 aliphatic rings. The molecule has 2 aliphatic heterocycles. The molecule has 0 saturated carbocycles. The Morgan fingerprint density at radius 1 is 0.531 bits per heavy atom. The van der Waals surface area contributed by atoms with Gasteiger partial charge in [0.05, 0.1) is 20.3 Å². The monoisotopic (exact) mass is 1380 g/mol. The molecule has 6 rings (SSSR count). The molecule has 2 aromatic heterocycles. The lowest BCUT2D eigenvalue weighted by Crippen LogP contribution is -2.40. The maximum atomic E-state index is 12.9. The third kappa shape index (κ3) is 23.3. The van der Waals surface area contributed by atoms with Gasteiger partial charge in [0.15, 0.2) is 0 Å². The highest BCUT2D eigenvalue weighted by atomic mass is 79.9. The molecule has 0 aliphatic carbocycles. The Bertz CT molecular complexity index is 2390. The fourth-order valence-corrected chi connectivity index (χ4v) is 12.4. The Hall–Kier alpha value is -2.56. The number of halogens is 13. The lowest BCUT2D eigenvalue weighted by Gasteiger charge is -2.43. The van der Waals surface area contributed by atoms with E-state index in [9.17, 15) is 49.0 Å². The molecule has 0 radical (unpaired) electrons. The maximum absolute atomic E-state index is 12.9. The lowest BCUT2D eigenvalue weighted by atomic mass is 9.66. The van der Waals surface area contributed by atoms with Crippen LogP contribution in [0.3, 0.4) is 0 Å². The van der Waals surface area contributed by atoms with E-state index in [0.29, 0.717) is 30.6 Å². The van der Waals surface area contributed by atoms with Crippen molar-refractivity contribution in [1.29, 1.82) is 0 Å². The van der Waals surface area contributed by atoms with Crippen molar-refractivity contribution < 1.29 is 63.2 Å². The van der Waals surface area contributed by atoms with Gasteiger partial charge in [0.2, 0.25) is 0 Å². The number of methoxy groups -OCH3 is 1. The molecule has 6 nitrogen and oxygen atoms in total. The van der Waals surface area contributed by atoms with Crippen LogP contribution in [-0.4, -0.2) is 85.8 Å². The quantitative estimate of drug-likeness (QED) is 0.0304. The molecule has 0 saturated heterocycles. The molecule has 0 bridgehead atoms. The summed E-state index contributed by atoms with van der Waals surface area (Å²) in [6.45, 7) is 5.66. The highest BCUT2D eigenvalue weighted by Crippen LogP contribution is 2.51. The van der Waals surface area contributed by atoms with E-state index in [4.69, 9.17) is 14.2 Å². The average molecular weight is 1380 g/mol. The number of hydrogen-bond acceptors (Lipinski definition) is 8. The maximum Gasteiger partial charge on any atom is 0.453 e. The summed E-state index contributed by atoms with van der Waals surface area (Å²) < 4.78 is 143. The van der Waals surface area contributed by atoms with Gasteiger partial charge in [0, 0.05) is 72.4 Å². The lowest BCUT2D eigenvalue weighted by molar-refractivity contribution is -0.284. The molecule has 0 spiro atoms. The van der Waals surface area contributed by atoms with Crippen LogP contribution in [0.4, 0.5) is 43.9 Å². The van der Waals surface area contributed by atoms with Gasteiger partial charge in [-0.3, -0.25) is 9.97 Å². The van der Waals surface area contributed by atoms with E-state index in [1.54, 1.807) is 19.2 Å². The van der Waals surface area contributed by atoms with Gasteiger partial charge in [0.1, 0.15) is 23.0 Å². The number of nitrogens with zero attached hydrogens (tertiary/aromatic N) is 2. The number of rotatable bonds is 31. The number of hydrogen-bond donors (Lipinski definition) is 1. The van der Waals surface area contributed by atoms with Crippen molar-refractivity contribution >= 4 is 74.0 Å². The van der Waals surface area contributed by atoms with Crippen molar-refractivity contribution in [3.63, 3.8) is 0 Å². The first-order chi connectivity index (χ1) is 38.4. The zero-order chi connectivity index (χ0) is 59.6. The van der Waals surface area contributed by atoms with E-state index >= 15 is 0 Å². The molecule has 4 aromatic rings. The number of alkyl halides is 10. The van der Waals surface area contributed by atoms with Crippen LogP contribution in [0.25, 0.3) is 0 Å². The summed E-state index contributed by atoms with van der Waals surface area (Å²) in [6, 6.07) is 19.8. The number of unbranched alkanes of at least 4 members (excludes halogenated alkanes) is 12. The number of aromatic hydroxyl groups is 1. The van der Waals surface area contributed by atoms with Gasteiger partial charge in [-0.1, -0.05) is 103 Å². The number of fused-ring (bicyclic) bond motifs is 2. The third-order valence-corrected chi connectivity index (χ3v) is 17.5. The second kappa shape index (κ2) is 35.2. The van der Waals surface area contributed by atoms with Crippen molar-refractivity contribution in [2.24, 2.45) is 0 Å². The molecule has 0 fully saturated rings. The third-order valence-electron chi connectivity index (χ3n) is 15.2. The molecule has 0 amide bonds. The largest absolute Gasteiger partial charge is 0.508 e. The molecular formula is C59H78BBr3F10N2O4S2. The van der Waals surface area contributed by atoms with Crippen LogP contribution < -0.4 is 14.2 Å². The topological polar surface area (TPSA) is 73.7 Å². The summed E-state index contributed by atoms with van der Waals surface area (Å²) in [6.07, 6.45) is 11.3. The standard InChI is InChI=1S/C30H40F5NO2S.C29H38F5NO2S.BBr3/c1-28(23-14-17-36-18-15-23)22-38-27-21-24(37-2)12-13-25(27)26(28)11-8-6-4-3-5-7-9-19-39-20-10-16-29(31,32)30(33,34)35;1-27(22-13-16-35-17-14-22)21-37-26-20-23(36)11-12-24(26)25(27)10-7-5-3-2-4-6-8-18-38-19-9-15-28(30,31)29(32,33)34;2-1(3)4/h12-15,17-18,21,26H,3-11,16,19-20,22H2,1-2H3;11-14,16-17,20,25,36H,2-10,15,18-19,21H2,1H3;/t26-,28-;25-,27-;/m11./s1. The van der Waals surface area contributed by atoms with Crippen LogP contribution in [0.15, 0.2) is 85.5 Å². The minimum Gasteiger partial charge on any atom is -0.508 e. The van der Waals surface area contributed by atoms with Crippen molar-refractivity contribution in [3.05, 3.63) is 108 Å². The Labute approximate surface area is 507 Å². The molecule has 454 valence electrons. The Morgan fingerprint density at radius 2 is 0.877 bits per heavy atom. The van der Waals surface area contributed by atoms with Gasteiger partial charge in [-0.15, -0.1) is 47.3 Å². The number of pyridine rings is 2. The first kappa shape index (κ1) is 70.9. The summed E-state index contributed by atoms with van der Waals surface area (Å²) in [7, 11) is 1.66. The summed E-state index contributed by atoms with van der Waals surface area (Å²) in [5.41, 5.74) is 4.45. The minimum atomic E-state index is -5.45. The van der Waals surface area contributed by atoms with Crippen molar-refractivity contribution in [2.75, 3.05) is 43.3 Å². The van der Waals surface area contributed by atoms with Crippen LogP contribution in [-0.2, 0) is 10.8 Å². The first-order valence-corrected chi connectivity index (χ1v) is 33.0. The number of benzene rings is 2. The van der Waals surface area contributed by atoms with Crippen LogP contribution >= 0.6 is 70.8 Å². The van der Waals surface area contributed by atoms with Gasteiger partial charge in [-0.05, 0) is 120 Å². The number of phenols is 1. The predicted molar refractivity (Wildman–Crippen MR) is 322 cm³/mol. The molecule has 2 aromatic carbocycles. The first-order valence-electron chi connectivity index (χ1n) is 27.9. The van der Waals surface area contributed by atoms with E-state index in [2.05, 4.69) is 101 Å². The molecule has 4 heterocycles. The number of phenolic OH excluding ortho intramolecular Hbond substituents is 1. The summed E-state index contributed by atoms with van der Waals surface area (Å²) in [5.74, 6) is -3.64. The fourth-order valence-electron chi connectivity index (χ4n) is 10.5. The van der Waals surface area contributed by atoms with Crippen LogP contribution in [0, 0.1) is 0 Å². The Kier molecular flexibility index (Phi) is 30.8. The summed E-state index contributed by atoms with van der Waals surface area (Å²) in [5, 5.41) is 9.91. The fraction of sp³-hybridized carbons (Fsp3) is 0.627. The average Bonchev–Trinajstić information content (AvgIpc) is 3.47. The number of aromatic nitrogens is 2. The Balaban J connectivity index is 0.000000327. The normalized spacial score (nSPS) is 18.9.